The molecule has 0 aliphatic rings. The van der Waals surface area contributed by atoms with E-state index >= 15 is 0 Å². The van der Waals surface area contributed by atoms with Crippen LogP contribution in [0.4, 0.5) is 0 Å². The van der Waals surface area contributed by atoms with E-state index < -0.39 is 0 Å². The van der Waals surface area contributed by atoms with Gasteiger partial charge in [-0.3, -0.25) is 0 Å². The van der Waals surface area contributed by atoms with Crippen LogP contribution in [0.15, 0.2) is 170 Å². The monoisotopic (exact) mass is 680 g/mol. The van der Waals surface area contributed by atoms with Gasteiger partial charge in [0.25, 0.3) is 0 Å². The Bertz CT molecular complexity index is 3160. The first kappa shape index (κ1) is 29.1. The molecule has 5 heteroatoms. The number of benzene rings is 7. The topological polar surface area (TPSA) is 43.6 Å². The maximum absolute atomic E-state index is 5.18. The number of rotatable bonds is 4. The van der Waals surface area contributed by atoms with Crippen LogP contribution < -0.4 is 0 Å². The van der Waals surface area contributed by atoms with E-state index in [0.717, 1.165) is 27.9 Å². The van der Waals surface area contributed by atoms with Gasteiger partial charge in [0.1, 0.15) is 0 Å². The van der Waals surface area contributed by atoms with Gasteiger partial charge in [0.05, 0.1) is 16.7 Å². The summed E-state index contributed by atoms with van der Waals surface area (Å²) in [7, 11) is 0. The molecular formula is C47H28N4S. The Kier molecular flexibility index (Phi) is 6.39. The smallest absolute Gasteiger partial charge is 0.163 e. The summed E-state index contributed by atoms with van der Waals surface area (Å²) in [5.41, 5.74) is 9.39. The van der Waals surface area contributed by atoms with Crippen molar-refractivity contribution in [2.75, 3.05) is 0 Å². The fourth-order valence-corrected chi connectivity index (χ4v) is 9.16. The van der Waals surface area contributed by atoms with Crippen LogP contribution >= 0.6 is 11.3 Å². The van der Waals surface area contributed by atoms with E-state index in [4.69, 9.17) is 9.97 Å². The van der Waals surface area contributed by atoms with Crippen LogP contribution in [0.25, 0.3) is 103 Å². The fraction of sp³-hybridized carbons (Fsp3) is 0. The van der Waals surface area contributed by atoms with E-state index in [2.05, 4.69) is 161 Å². The minimum atomic E-state index is 0.652. The summed E-state index contributed by atoms with van der Waals surface area (Å²) in [5, 5.41) is 8.67. The first-order valence-electron chi connectivity index (χ1n) is 17.4. The van der Waals surface area contributed by atoms with E-state index in [9.17, 15) is 0 Å². The summed E-state index contributed by atoms with van der Waals surface area (Å²) in [5.74, 6) is 0.652. The Labute approximate surface area is 302 Å². The van der Waals surface area contributed by atoms with Crippen molar-refractivity contribution in [1.29, 1.82) is 0 Å². The molecule has 0 radical (unpaired) electrons. The Hall–Kier alpha value is -6.69. The summed E-state index contributed by atoms with van der Waals surface area (Å²) < 4.78 is 5.09. The zero-order chi connectivity index (χ0) is 34.2. The van der Waals surface area contributed by atoms with Crippen molar-refractivity contribution >= 4 is 75.1 Å². The van der Waals surface area contributed by atoms with Crippen LogP contribution in [0.3, 0.4) is 0 Å². The van der Waals surface area contributed by atoms with Crippen molar-refractivity contribution in [3.8, 4) is 39.5 Å². The molecular weight excluding hydrogens is 653 g/mol. The lowest BCUT2D eigenvalue weighted by Gasteiger charge is -2.12. The molecule has 11 rings (SSSR count). The maximum atomic E-state index is 5.18. The highest BCUT2D eigenvalue weighted by Gasteiger charge is 2.22. The fourth-order valence-electron chi connectivity index (χ4n) is 7.91. The van der Waals surface area contributed by atoms with Gasteiger partial charge in [-0.25, -0.2) is 15.0 Å². The van der Waals surface area contributed by atoms with Crippen LogP contribution in [-0.2, 0) is 0 Å². The van der Waals surface area contributed by atoms with Gasteiger partial charge < -0.3 is 4.57 Å². The highest BCUT2D eigenvalue weighted by atomic mass is 32.1. The van der Waals surface area contributed by atoms with Crippen molar-refractivity contribution in [3.05, 3.63) is 170 Å². The molecule has 0 fully saturated rings. The van der Waals surface area contributed by atoms with E-state index in [1.165, 1.54) is 63.9 Å². The van der Waals surface area contributed by atoms with E-state index in [0.29, 0.717) is 11.5 Å². The highest BCUT2D eigenvalue weighted by molar-refractivity contribution is 7.27. The zero-order valence-corrected chi connectivity index (χ0v) is 28.7. The molecule has 0 bridgehead atoms. The highest BCUT2D eigenvalue weighted by Crippen LogP contribution is 2.48. The standard InChI is InChI=1S/C47H28N4S/c1-2-11-29(12-3-1)30-20-22-31(23-21-30)43-38-17-10-28-48-47(38)50-46(49-43)32-24-26-33(27-25-32)51-39-18-8-6-15-36(39)41-42-37-16-7-9-19-40(37)52-45(42)35-14-5-4-13-34(35)44(41)51/h1-28H. The van der Waals surface area contributed by atoms with Gasteiger partial charge in [-0.15, -0.1) is 11.3 Å². The van der Waals surface area contributed by atoms with Crippen LogP contribution in [0.1, 0.15) is 0 Å². The first-order chi connectivity index (χ1) is 25.8. The third-order valence-electron chi connectivity index (χ3n) is 10.3. The van der Waals surface area contributed by atoms with Gasteiger partial charge in [-0.2, -0.15) is 0 Å². The Morgan fingerprint density at radius 3 is 1.90 bits per heavy atom. The molecule has 4 heterocycles. The van der Waals surface area contributed by atoms with Gasteiger partial charge in [0.15, 0.2) is 11.5 Å². The maximum Gasteiger partial charge on any atom is 0.163 e. The minimum absolute atomic E-state index is 0.652. The summed E-state index contributed by atoms with van der Waals surface area (Å²) in [4.78, 5) is 14.8. The third kappa shape index (κ3) is 4.36. The number of hydrogen-bond acceptors (Lipinski definition) is 4. The van der Waals surface area contributed by atoms with Gasteiger partial charge in [-0.1, -0.05) is 115 Å². The van der Waals surface area contributed by atoms with Crippen LogP contribution in [0.5, 0.6) is 0 Å². The van der Waals surface area contributed by atoms with Gasteiger partial charge in [-0.05, 0) is 59.7 Å². The number of aromatic nitrogens is 4. The molecule has 0 aliphatic carbocycles. The second kappa shape index (κ2) is 11.4. The number of hydrogen-bond donors (Lipinski definition) is 0. The predicted octanol–water partition coefficient (Wildman–Crippen LogP) is 12.6. The van der Waals surface area contributed by atoms with Crippen molar-refractivity contribution in [2.45, 2.75) is 0 Å². The largest absolute Gasteiger partial charge is 0.309 e. The lowest BCUT2D eigenvalue weighted by Crippen LogP contribution is -1.98. The molecule has 0 spiro atoms. The van der Waals surface area contributed by atoms with E-state index in [1.54, 1.807) is 6.20 Å². The predicted molar refractivity (Wildman–Crippen MR) is 218 cm³/mol. The van der Waals surface area contributed by atoms with Crippen LogP contribution in [0.2, 0.25) is 0 Å². The molecule has 0 saturated heterocycles. The second-order valence-electron chi connectivity index (χ2n) is 13.2. The molecule has 4 aromatic heterocycles. The molecule has 52 heavy (non-hydrogen) atoms. The molecule has 4 nitrogen and oxygen atoms in total. The quantitative estimate of drug-likeness (QED) is 0.186. The SMILES string of the molecule is c1ccc(-c2ccc(-c3nc(-c4ccc(-n5c6ccccc6c6c7c8ccccc8sc7c7ccccc7c65)cc4)nc4ncccc34)cc2)cc1. The number of nitrogens with zero attached hydrogens (tertiary/aromatic N) is 4. The second-order valence-corrected chi connectivity index (χ2v) is 14.2. The molecule has 0 atom stereocenters. The average Bonchev–Trinajstić information content (AvgIpc) is 3.78. The summed E-state index contributed by atoms with van der Waals surface area (Å²) >= 11 is 1.89. The van der Waals surface area contributed by atoms with Crippen molar-refractivity contribution in [3.63, 3.8) is 0 Å². The number of fused-ring (bicyclic) bond motifs is 11. The lowest BCUT2D eigenvalue weighted by atomic mass is 10.00. The Morgan fingerprint density at radius 1 is 0.442 bits per heavy atom. The molecule has 0 N–H and O–H groups in total. The van der Waals surface area contributed by atoms with Crippen LogP contribution in [-0.4, -0.2) is 19.5 Å². The molecule has 0 saturated carbocycles. The van der Waals surface area contributed by atoms with Crippen molar-refractivity contribution in [2.24, 2.45) is 0 Å². The average molecular weight is 681 g/mol. The number of para-hydroxylation sites is 1. The molecule has 242 valence electrons. The lowest BCUT2D eigenvalue weighted by molar-refractivity contribution is 1.17. The molecule has 0 aliphatic heterocycles. The van der Waals surface area contributed by atoms with E-state index in [1.807, 2.05) is 23.5 Å². The molecule has 0 amide bonds. The zero-order valence-electron chi connectivity index (χ0n) is 27.9. The summed E-state index contributed by atoms with van der Waals surface area (Å²) in [6, 6.07) is 58.2. The summed E-state index contributed by atoms with van der Waals surface area (Å²) in [6.07, 6.45) is 1.80. The third-order valence-corrected chi connectivity index (χ3v) is 11.5. The van der Waals surface area contributed by atoms with Gasteiger partial charge >= 0.3 is 0 Å². The minimum Gasteiger partial charge on any atom is -0.309 e. The molecule has 7 aromatic carbocycles. The summed E-state index contributed by atoms with van der Waals surface area (Å²) in [6.45, 7) is 0. The number of pyridine rings is 1. The van der Waals surface area contributed by atoms with Crippen molar-refractivity contribution < 1.29 is 0 Å². The molecule has 0 unspecified atom stereocenters. The number of thiophene rings is 1. The van der Waals surface area contributed by atoms with Crippen LogP contribution in [0, 0.1) is 0 Å². The normalized spacial score (nSPS) is 11.8. The Morgan fingerprint density at radius 2 is 1.08 bits per heavy atom. The van der Waals surface area contributed by atoms with Gasteiger partial charge in [0.2, 0.25) is 0 Å². The molecule has 11 aromatic rings. The first-order valence-corrected chi connectivity index (χ1v) is 18.3. The van der Waals surface area contributed by atoms with E-state index in [-0.39, 0.29) is 0 Å². The van der Waals surface area contributed by atoms with Gasteiger partial charge in [0, 0.05) is 70.1 Å². The Balaban J connectivity index is 1.09. The van der Waals surface area contributed by atoms with Crippen molar-refractivity contribution in [1.82, 2.24) is 19.5 Å².